The monoisotopic (exact) mass is 447 g/mol. The molecular weight excluding hydrogens is 429 g/mol. The van der Waals surface area contributed by atoms with E-state index < -0.39 is 23.7 Å². The summed E-state index contributed by atoms with van der Waals surface area (Å²) in [5, 5.41) is 2.17. The van der Waals surface area contributed by atoms with Crippen molar-refractivity contribution in [2.45, 2.75) is 13.8 Å². The van der Waals surface area contributed by atoms with Gasteiger partial charge < -0.3 is 14.0 Å². The van der Waals surface area contributed by atoms with Crippen molar-refractivity contribution in [1.29, 1.82) is 0 Å². The lowest BCUT2D eigenvalue weighted by molar-refractivity contribution is -0.122. The molecule has 3 heterocycles. The topological polar surface area (TPSA) is 89.9 Å². The fourth-order valence-electron chi connectivity index (χ4n) is 3.99. The third kappa shape index (κ3) is 3.43. The van der Waals surface area contributed by atoms with Gasteiger partial charge >= 0.3 is 6.03 Å². The average Bonchev–Trinajstić information content (AvgIpc) is 3.35. The van der Waals surface area contributed by atoms with Gasteiger partial charge in [-0.1, -0.05) is 0 Å². The minimum absolute atomic E-state index is 0.156. The summed E-state index contributed by atoms with van der Waals surface area (Å²) in [5.74, 6) is -0.792. The van der Waals surface area contributed by atoms with Crippen LogP contribution in [0, 0.1) is 19.7 Å². The number of aryl methyl sites for hydroxylation is 1. The fraction of sp³-hybridized carbons (Fsp3) is 0.125. The number of barbiturate groups is 1. The molecular formula is C24H18FN3O5. The second kappa shape index (κ2) is 7.63. The van der Waals surface area contributed by atoms with Crippen molar-refractivity contribution in [3.63, 3.8) is 0 Å². The summed E-state index contributed by atoms with van der Waals surface area (Å²) in [6.45, 7) is 3.93. The molecule has 1 saturated heterocycles. The van der Waals surface area contributed by atoms with E-state index in [1.54, 1.807) is 0 Å². The predicted molar refractivity (Wildman–Crippen MR) is 117 cm³/mol. The van der Waals surface area contributed by atoms with Crippen LogP contribution < -0.4 is 19.7 Å². The standard InChI is InChI=1S/C24H18FN3O5/c1-13-9-15(14(2)27(13)18-7-8-20-21(11-18)33-12-32-20)10-19-22(29)26-24(31)28(23(19)30)17-5-3-16(25)4-6-17/h3-11H,12H2,1-2H3,(H,26,29,31)/b19-10-. The van der Waals surface area contributed by atoms with Gasteiger partial charge in [-0.2, -0.15) is 0 Å². The Labute approximate surface area is 187 Å². The lowest BCUT2D eigenvalue weighted by Crippen LogP contribution is -2.54. The molecule has 0 radical (unpaired) electrons. The molecule has 0 bridgehead atoms. The van der Waals surface area contributed by atoms with E-state index in [-0.39, 0.29) is 18.1 Å². The normalized spacial score (nSPS) is 16.5. The van der Waals surface area contributed by atoms with Gasteiger partial charge in [0.2, 0.25) is 6.79 Å². The van der Waals surface area contributed by atoms with Crippen molar-refractivity contribution in [3.8, 4) is 17.2 Å². The molecule has 8 nitrogen and oxygen atoms in total. The van der Waals surface area contributed by atoms with Gasteiger partial charge in [0.15, 0.2) is 11.5 Å². The molecule has 9 heteroatoms. The molecule has 1 aromatic heterocycles. The summed E-state index contributed by atoms with van der Waals surface area (Å²) in [5.41, 5.74) is 3.07. The Kier molecular flexibility index (Phi) is 4.74. The van der Waals surface area contributed by atoms with Gasteiger partial charge in [-0.25, -0.2) is 14.1 Å². The van der Waals surface area contributed by atoms with E-state index in [1.165, 1.54) is 18.2 Å². The molecule has 33 heavy (non-hydrogen) atoms. The van der Waals surface area contributed by atoms with Crippen LogP contribution in [0.4, 0.5) is 14.9 Å². The molecule has 0 saturated carbocycles. The summed E-state index contributed by atoms with van der Waals surface area (Å²) < 4.78 is 26.1. The van der Waals surface area contributed by atoms with E-state index in [4.69, 9.17) is 9.47 Å². The zero-order valence-electron chi connectivity index (χ0n) is 17.7. The van der Waals surface area contributed by atoms with Crippen molar-refractivity contribution in [1.82, 2.24) is 9.88 Å². The van der Waals surface area contributed by atoms with Crippen molar-refractivity contribution in [3.05, 3.63) is 76.9 Å². The number of imide groups is 2. The SMILES string of the molecule is Cc1cc(/C=C2/C(=O)NC(=O)N(c3ccc(F)cc3)C2=O)c(C)n1-c1ccc2c(c1)OCO2. The zero-order chi connectivity index (χ0) is 23.3. The number of carbonyl (C=O) groups excluding carboxylic acids is 3. The second-order valence-electron chi connectivity index (χ2n) is 7.63. The van der Waals surface area contributed by atoms with E-state index in [9.17, 15) is 18.8 Å². The van der Waals surface area contributed by atoms with Crippen LogP contribution in [0.3, 0.4) is 0 Å². The number of hydrogen-bond donors (Lipinski definition) is 1. The van der Waals surface area contributed by atoms with Crippen molar-refractivity contribution < 1.29 is 28.2 Å². The Balaban J connectivity index is 1.54. The quantitative estimate of drug-likeness (QED) is 0.489. The lowest BCUT2D eigenvalue weighted by atomic mass is 10.1. The van der Waals surface area contributed by atoms with Crippen LogP contribution in [0.25, 0.3) is 11.8 Å². The van der Waals surface area contributed by atoms with Crippen LogP contribution in [0.2, 0.25) is 0 Å². The Morgan fingerprint density at radius 3 is 2.39 bits per heavy atom. The maximum absolute atomic E-state index is 13.3. The number of ether oxygens (including phenoxy) is 2. The summed E-state index contributed by atoms with van der Waals surface area (Å²) in [6, 6.07) is 11.4. The minimum Gasteiger partial charge on any atom is -0.454 e. The first-order valence-electron chi connectivity index (χ1n) is 10.1. The first kappa shape index (κ1) is 20.5. The van der Waals surface area contributed by atoms with E-state index in [2.05, 4.69) is 5.32 Å². The number of carbonyl (C=O) groups is 3. The molecule has 3 aromatic rings. The molecule has 0 aliphatic carbocycles. The number of aromatic nitrogens is 1. The van der Waals surface area contributed by atoms with E-state index in [0.29, 0.717) is 17.1 Å². The maximum Gasteiger partial charge on any atom is 0.335 e. The number of amides is 4. The van der Waals surface area contributed by atoms with Gasteiger partial charge in [0.1, 0.15) is 11.4 Å². The Morgan fingerprint density at radius 1 is 0.939 bits per heavy atom. The van der Waals surface area contributed by atoms with Gasteiger partial charge in [-0.15, -0.1) is 0 Å². The summed E-state index contributed by atoms with van der Waals surface area (Å²) in [6.07, 6.45) is 1.45. The Hall–Kier alpha value is -4.40. The highest BCUT2D eigenvalue weighted by atomic mass is 19.1. The lowest BCUT2D eigenvalue weighted by Gasteiger charge is -2.26. The molecule has 2 aromatic carbocycles. The molecule has 5 rings (SSSR count). The van der Waals surface area contributed by atoms with Crippen LogP contribution in [0.1, 0.15) is 17.0 Å². The third-order valence-electron chi connectivity index (χ3n) is 5.57. The molecule has 2 aliphatic rings. The van der Waals surface area contributed by atoms with Crippen LogP contribution in [0.5, 0.6) is 11.5 Å². The smallest absolute Gasteiger partial charge is 0.335 e. The molecule has 0 unspecified atom stereocenters. The van der Waals surface area contributed by atoms with Crippen molar-refractivity contribution >= 4 is 29.6 Å². The second-order valence-corrected chi connectivity index (χ2v) is 7.63. The number of anilines is 1. The number of nitrogens with zero attached hydrogens (tertiary/aromatic N) is 2. The summed E-state index contributed by atoms with van der Waals surface area (Å²) >= 11 is 0. The van der Waals surface area contributed by atoms with Gasteiger partial charge in [0.05, 0.1) is 5.69 Å². The highest BCUT2D eigenvalue weighted by molar-refractivity contribution is 6.39. The predicted octanol–water partition coefficient (Wildman–Crippen LogP) is 3.63. The number of fused-ring (bicyclic) bond motifs is 1. The van der Waals surface area contributed by atoms with Crippen LogP contribution in [-0.2, 0) is 9.59 Å². The maximum atomic E-state index is 13.3. The number of halogens is 1. The summed E-state index contributed by atoms with van der Waals surface area (Å²) in [7, 11) is 0. The molecule has 2 aliphatic heterocycles. The molecule has 0 spiro atoms. The Bertz CT molecular complexity index is 1360. The average molecular weight is 447 g/mol. The Morgan fingerprint density at radius 2 is 1.64 bits per heavy atom. The van der Waals surface area contributed by atoms with Crippen molar-refractivity contribution in [2.75, 3.05) is 11.7 Å². The number of rotatable bonds is 3. The number of benzene rings is 2. The highest BCUT2D eigenvalue weighted by Crippen LogP contribution is 2.35. The first-order valence-corrected chi connectivity index (χ1v) is 10.1. The van der Waals surface area contributed by atoms with Crippen LogP contribution in [-0.4, -0.2) is 29.2 Å². The number of nitrogens with one attached hydrogen (secondary N) is 1. The number of hydrogen-bond acceptors (Lipinski definition) is 5. The third-order valence-corrected chi connectivity index (χ3v) is 5.57. The van der Waals surface area contributed by atoms with Gasteiger partial charge in [-0.3, -0.25) is 14.9 Å². The number of urea groups is 1. The molecule has 0 atom stereocenters. The van der Waals surface area contributed by atoms with Crippen molar-refractivity contribution in [2.24, 2.45) is 0 Å². The van der Waals surface area contributed by atoms with E-state index in [1.807, 2.05) is 42.7 Å². The summed E-state index contributed by atoms with van der Waals surface area (Å²) in [4.78, 5) is 38.7. The zero-order valence-corrected chi connectivity index (χ0v) is 17.7. The van der Waals surface area contributed by atoms with Crippen LogP contribution in [0.15, 0.2) is 54.1 Å². The molecule has 1 fully saturated rings. The first-order chi connectivity index (χ1) is 15.8. The minimum atomic E-state index is -0.889. The molecule has 166 valence electrons. The van der Waals surface area contributed by atoms with Gasteiger partial charge in [0.25, 0.3) is 11.8 Å². The van der Waals surface area contributed by atoms with Gasteiger partial charge in [0, 0.05) is 23.1 Å². The van der Waals surface area contributed by atoms with E-state index >= 15 is 0 Å². The highest BCUT2D eigenvalue weighted by Gasteiger charge is 2.37. The molecule has 4 amide bonds. The van der Waals surface area contributed by atoms with Crippen LogP contribution >= 0.6 is 0 Å². The molecule has 1 N–H and O–H groups in total. The van der Waals surface area contributed by atoms with Gasteiger partial charge in [-0.05, 0) is 68.0 Å². The van der Waals surface area contributed by atoms with E-state index in [0.717, 1.165) is 34.1 Å². The fourth-order valence-corrected chi connectivity index (χ4v) is 3.99. The largest absolute Gasteiger partial charge is 0.454 e.